The van der Waals surface area contributed by atoms with E-state index in [0.29, 0.717) is 12.8 Å². The van der Waals surface area contributed by atoms with Crippen LogP contribution in [0.1, 0.15) is 187 Å². The zero-order valence-electron chi connectivity index (χ0n) is 36.8. The van der Waals surface area contributed by atoms with Crippen LogP contribution in [0.15, 0.2) is 122 Å². The number of hydrogen-bond donors (Lipinski definition) is 3. The van der Waals surface area contributed by atoms with Crippen LogP contribution in [0.5, 0.6) is 0 Å². The fraction of sp³-hybridized carbons (Fsp3) is 0.604. The van der Waals surface area contributed by atoms with Crippen molar-refractivity contribution >= 4 is 5.91 Å². The minimum Gasteiger partial charge on any atom is -0.394 e. The third-order valence-electron chi connectivity index (χ3n) is 9.74. The van der Waals surface area contributed by atoms with E-state index in [1.54, 1.807) is 0 Å². The van der Waals surface area contributed by atoms with E-state index >= 15 is 0 Å². The fourth-order valence-corrected chi connectivity index (χ4v) is 6.21. The second-order valence-electron chi connectivity index (χ2n) is 15.1. The Morgan fingerprint density at radius 1 is 0.439 bits per heavy atom. The molecule has 0 rings (SSSR count). The fourth-order valence-electron chi connectivity index (χ4n) is 6.21. The SMILES string of the molecule is CC/C=C\C/C=C\C/C=C\C/C=C\C/C=C\C/C=C\C/C=C\C/C=C\C/C=C\C/C=C\CCCCCCC(=O)NC(CO)C(O)CCCCCCCCCCCC. The molecule has 4 nitrogen and oxygen atoms in total. The first-order chi connectivity index (χ1) is 28.2. The Morgan fingerprint density at radius 3 is 1.16 bits per heavy atom. The molecule has 0 radical (unpaired) electrons. The molecule has 3 N–H and O–H groups in total. The molecular weight excluding hydrogens is 699 g/mol. The second-order valence-corrected chi connectivity index (χ2v) is 15.1. The molecule has 57 heavy (non-hydrogen) atoms. The molecule has 1 amide bonds. The maximum atomic E-state index is 12.4. The van der Waals surface area contributed by atoms with Crippen molar-refractivity contribution in [3.63, 3.8) is 0 Å². The molecule has 0 bridgehead atoms. The molecule has 0 aliphatic heterocycles. The molecule has 0 aliphatic carbocycles. The van der Waals surface area contributed by atoms with Gasteiger partial charge in [0.15, 0.2) is 0 Å². The highest BCUT2D eigenvalue weighted by atomic mass is 16.3. The average molecular weight is 786 g/mol. The third-order valence-corrected chi connectivity index (χ3v) is 9.74. The molecule has 322 valence electrons. The predicted octanol–water partition coefficient (Wildman–Crippen LogP) is 15.0. The lowest BCUT2D eigenvalue weighted by Gasteiger charge is -2.22. The monoisotopic (exact) mass is 786 g/mol. The summed E-state index contributed by atoms with van der Waals surface area (Å²) in [4.78, 5) is 12.4. The van der Waals surface area contributed by atoms with Crippen molar-refractivity contribution in [3.05, 3.63) is 122 Å². The summed E-state index contributed by atoms with van der Waals surface area (Å²) in [6.45, 7) is 4.20. The van der Waals surface area contributed by atoms with Crippen LogP contribution in [-0.2, 0) is 4.79 Å². The van der Waals surface area contributed by atoms with Crippen LogP contribution >= 0.6 is 0 Å². The van der Waals surface area contributed by atoms with Gasteiger partial charge in [-0.25, -0.2) is 0 Å². The molecule has 0 aromatic rings. The van der Waals surface area contributed by atoms with Crippen LogP contribution in [-0.4, -0.2) is 34.9 Å². The minimum atomic E-state index is -0.677. The van der Waals surface area contributed by atoms with E-state index in [0.717, 1.165) is 109 Å². The zero-order chi connectivity index (χ0) is 41.4. The number of carbonyl (C=O) groups excluding carboxylic acids is 1. The van der Waals surface area contributed by atoms with E-state index in [2.05, 4.69) is 141 Å². The van der Waals surface area contributed by atoms with Gasteiger partial charge < -0.3 is 15.5 Å². The smallest absolute Gasteiger partial charge is 0.220 e. The van der Waals surface area contributed by atoms with Gasteiger partial charge in [-0.2, -0.15) is 0 Å². The Morgan fingerprint density at radius 2 is 0.772 bits per heavy atom. The minimum absolute atomic E-state index is 0.0639. The van der Waals surface area contributed by atoms with Crippen LogP contribution in [0.25, 0.3) is 0 Å². The Hall–Kier alpha value is -3.21. The second kappa shape index (κ2) is 47.2. The standard InChI is InChI=1S/C53H87NO3/c1-3-5-7-9-11-13-15-16-17-18-19-20-21-22-23-24-25-26-27-28-29-30-31-32-33-34-35-36-37-38-39-41-43-45-47-49-53(57)54-51(50-55)52(56)48-46-44-42-40-14-12-10-8-6-4-2/h5,7,11,13,16-17,19-20,22-23,25-26,28-29,31-32,34-35,37-38,51-52,55-56H,3-4,6,8-10,12,14-15,18,21,24,27,30,33,36,39-50H2,1-2H3,(H,54,57)/b7-5-,13-11-,17-16-,20-19-,23-22-,26-25-,29-28-,32-31-,35-34-,38-37-. The number of aliphatic hydroxyl groups is 2. The molecule has 2 unspecified atom stereocenters. The molecule has 0 aromatic heterocycles. The third kappa shape index (κ3) is 43.8. The van der Waals surface area contributed by atoms with Gasteiger partial charge in [0.1, 0.15) is 0 Å². The van der Waals surface area contributed by atoms with Crippen LogP contribution in [0.2, 0.25) is 0 Å². The van der Waals surface area contributed by atoms with E-state index in [1.165, 1.54) is 51.4 Å². The highest BCUT2D eigenvalue weighted by molar-refractivity contribution is 5.76. The molecule has 0 heterocycles. The van der Waals surface area contributed by atoms with Crippen LogP contribution in [0.4, 0.5) is 0 Å². The van der Waals surface area contributed by atoms with E-state index in [9.17, 15) is 15.0 Å². The van der Waals surface area contributed by atoms with Crippen molar-refractivity contribution in [2.75, 3.05) is 6.61 Å². The molecule has 0 aliphatic rings. The number of unbranched alkanes of at least 4 members (excludes halogenated alkanes) is 13. The number of amides is 1. The Kier molecular flexibility index (Phi) is 44.5. The number of nitrogens with one attached hydrogen (secondary N) is 1. The van der Waals surface area contributed by atoms with Gasteiger partial charge in [-0.1, -0.05) is 212 Å². The van der Waals surface area contributed by atoms with Crippen LogP contribution in [0.3, 0.4) is 0 Å². The zero-order valence-corrected chi connectivity index (χ0v) is 36.8. The largest absolute Gasteiger partial charge is 0.394 e. The summed E-state index contributed by atoms with van der Waals surface area (Å²) in [6.07, 6.45) is 72.8. The molecule has 2 atom stereocenters. The summed E-state index contributed by atoms with van der Waals surface area (Å²) < 4.78 is 0. The van der Waals surface area contributed by atoms with Gasteiger partial charge in [-0.05, 0) is 89.9 Å². The average Bonchev–Trinajstić information content (AvgIpc) is 3.22. The van der Waals surface area contributed by atoms with Gasteiger partial charge in [0.25, 0.3) is 0 Å². The summed E-state index contributed by atoms with van der Waals surface area (Å²) in [5, 5.41) is 23.0. The van der Waals surface area contributed by atoms with Crippen molar-refractivity contribution in [2.45, 2.75) is 199 Å². The topological polar surface area (TPSA) is 69.6 Å². The molecule has 0 saturated carbocycles. The first-order valence-corrected chi connectivity index (χ1v) is 23.2. The highest BCUT2D eigenvalue weighted by Crippen LogP contribution is 2.14. The lowest BCUT2D eigenvalue weighted by atomic mass is 10.0. The Labute approximate surface area is 352 Å². The van der Waals surface area contributed by atoms with Gasteiger partial charge in [0.05, 0.1) is 18.8 Å². The number of carbonyl (C=O) groups is 1. The molecule has 4 heteroatoms. The summed E-state index contributed by atoms with van der Waals surface area (Å²) in [6, 6.07) is -0.557. The van der Waals surface area contributed by atoms with E-state index in [-0.39, 0.29) is 12.5 Å². The number of hydrogen-bond acceptors (Lipinski definition) is 3. The summed E-state index contributed by atoms with van der Waals surface area (Å²) in [5.41, 5.74) is 0. The summed E-state index contributed by atoms with van der Waals surface area (Å²) >= 11 is 0. The van der Waals surface area contributed by atoms with E-state index in [4.69, 9.17) is 0 Å². The molecular formula is C53H87NO3. The number of aliphatic hydroxyl groups excluding tert-OH is 2. The van der Waals surface area contributed by atoms with Gasteiger partial charge in [-0.15, -0.1) is 0 Å². The summed E-state index contributed by atoms with van der Waals surface area (Å²) in [5.74, 6) is -0.0639. The van der Waals surface area contributed by atoms with Crippen molar-refractivity contribution < 1.29 is 15.0 Å². The molecule has 0 saturated heterocycles. The normalized spacial score (nSPS) is 14.1. The lowest BCUT2D eigenvalue weighted by molar-refractivity contribution is -0.123. The Balaban J connectivity index is 3.69. The van der Waals surface area contributed by atoms with Gasteiger partial charge in [0.2, 0.25) is 5.91 Å². The lowest BCUT2D eigenvalue weighted by Crippen LogP contribution is -2.45. The van der Waals surface area contributed by atoms with E-state index in [1.807, 2.05) is 0 Å². The summed E-state index contributed by atoms with van der Waals surface area (Å²) in [7, 11) is 0. The van der Waals surface area contributed by atoms with Gasteiger partial charge in [0, 0.05) is 6.42 Å². The quantitative estimate of drug-likeness (QED) is 0.0428. The van der Waals surface area contributed by atoms with Gasteiger partial charge in [-0.3, -0.25) is 4.79 Å². The van der Waals surface area contributed by atoms with Crippen molar-refractivity contribution in [1.82, 2.24) is 5.32 Å². The Bertz CT molecular complexity index is 1160. The highest BCUT2D eigenvalue weighted by Gasteiger charge is 2.19. The van der Waals surface area contributed by atoms with Crippen molar-refractivity contribution in [3.8, 4) is 0 Å². The van der Waals surface area contributed by atoms with Crippen LogP contribution in [0, 0.1) is 0 Å². The van der Waals surface area contributed by atoms with Gasteiger partial charge >= 0.3 is 0 Å². The number of allylic oxidation sites excluding steroid dienone is 20. The maximum absolute atomic E-state index is 12.4. The van der Waals surface area contributed by atoms with Crippen molar-refractivity contribution in [2.24, 2.45) is 0 Å². The van der Waals surface area contributed by atoms with Crippen LogP contribution < -0.4 is 5.32 Å². The predicted molar refractivity (Wildman–Crippen MR) is 252 cm³/mol. The first-order valence-electron chi connectivity index (χ1n) is 23.2. The number of rotatable bonds is 40. The molecule has 0 spiro atoms. The first kappa shape index (κ1) is 53.8. The van der Waals surface area contributed by atoms with Crippen molar-refractivity contribution in [1.29, 1.82) is 0 Å². The molecule has 0 fully saturated rings. The van der Waals surface area contributed by atoms with E-state index < -0.39 is 12.1 Å². The molecule has 0 aromatic carbocycles. The maximum Gasteiger partial charge on any atom is 0.220 e.